The van der Waals surface area contributed by atoms with Gasteiger partial charge in [-0.25, -0.2) is 9.98 Å². The molecule has 2 saturated heterocycles. The van der Waals surface area contributed by atoms with Crippen molar-refractivity contribution in [1.82, 2.24) is 0 Å². The minimum Gasteiger partial charge on any atom is -0.465 e. The van der Waals surface area contributed by atoms with Gasteiger partial charge in [-0.3, -0.25) is 0 Å². The van der Waals surface area contributed by atoms with E-state index in [2.05, 4.69) is 97.9 Å². The van der Waals surface area contributed by atoms with Crippen molar-refractivity contribution in [2.45, 2.75) is 87.5 Å². The number of para-hydroxylation sites is 1. The zero-order valence-corrected chi connectivity index (χ0v) is 33.9. The van der Waals surface area contributed by atoms with E-state index in [4.69, 9.17) is 19.5 Å². The maximum absolute atomic E-state index is 6.21. The first-order valence-electron chi connectivity index (χ1n) is 18.4. The van der Waals surface area contributed by atoms with Crippen molar-refractivity contribution in [2.75, 3.05) is 0 Å². The molecule has 4 nitrogen and oxygen atoms in total. The van der Waals surface area contributed by atoms with Gasteiger partial charge in [0.05, 0.1) is 23.9 Å². The van der Waals surface area contributed by atoms with Gasteiger partial charge in [0.25, 0.3) is 0 Å². The second-order valence-electron chi connectivity index (χ2n) is 14.3. The number of hydrogen-bond acceptors (Lipinski definition) is 6. The van der Waals surface area contributed by atoms with Crippen molar-refractivity contribution in [3.05, 3.63) is 163 Å². The first-order chi connectivity index (χ1) is 25.5. The van der Waals surface area contributed by atoms with Crippen molar-refractivity contribution in [3.8, 4) is 11.5 Å². The van der Waals surface area contributed by atoms with Gasteiger partial charge in [0, 0.05) is 11.1 Å². The summed E-state index contributed by atoms with van der Waals surface area (Å²) in [5, 5.41) is 2.01. The van der Waals surface area contributed by atoms with Crippen molar-refractivity contribution in [1.29, 1.82) is 0 Å². The molecule has 2 fully saturated rings. The van der Waals surface area contributed by atoms with E-state index in [0.717, 1.165) is 76.2 Å². The fourth-order valence-electron chi connectivity index (χ4n) is 6.49. The zero-order chi connectivity index (χ0) is 37.5. The van der Waals surface area contributed by atoms with Gasteiger partial charge >= 0.3 is 0 Å². The molecule has 0 bridgehead atoms. The highest BCUT2D eigenvalue weighted by Gasteiger charge is 2.23. The molecule has 4 aromatic carbocycles. The van der Waals surface area contributed by atoms with E-state index >= 15 is 0 Å². The largest absolute Gasteiger partial charge is 0.465 e. The number of thioether (sulfide) groups is 2. The van der Waals surface area contributed by atoms with Crippen LogP contribution in [0.2, 0.25) is 0 Å². The van der Waals surface area contributed by atoms with Crippen molar-refractivity contribution in [3.63, 3.8) is 0 Å². The Morgan fingerprint density at radius 1 is 0.604 bits per heavy atom. The first-order valence-corrected chi connectivity index (χ1v) is 20.1. The van der Waals surface area contributed by atoms with E-state index in [9.17, 15) is 0 Å². The van der Waals surface area contributed by atoms with E-state index < -0.39 is 0 Å². The number of allylic oxidation sites excluding steroid dienone is 4. The Morgan fingerprint density at radius 2 is 1.21 bits per heavy atom. The fourth-order valence-corrected chi connectivity index (χ4v) is 8.67. The average Bonchev–Trinajstić information content (AvgIpc) is 3.14. The molecule has 0 saturated carbocycles. The zero-order valence-electron chi connectivity index (χ0n) is 32.3. The van der Waals surface area contributed by atoms with Gasteiger partial charge in [0.1, 0.15) is 21.6 Å². The van der Waals surface area contributed by atoms with Crippen molar-refractivity contribution >= 4 is 45.0 Å². The van der Waals surface area contributed by atoms with E-state index in [1.807, 2.05) is 55.0 Å². The molecule has 0 spiro atoms. The lowest BCUT2D eigenvalue weighted by Gasteiger charge is -2.23. The Labute approximate surface area is 324 Å². The van der Waals surface area contributed by atoms with Crippen LogP contribution in [0.3, 0.4) is 0 Å². The summed E-state index contributed by atoms with van der Waals surface area (Å²) in [7, 11) is 0. The summed E-state index contributed by atoms with van der Waals surface area (Å²) in [4.78, 5) is 13.3. The van der Waals surface area contributed by atoms with Crippen LogP contribution >= 0.6 is 23.5 Å². The van der Waals surface area contributed by atoms with E-state index in [1.165, 1.54) is 54.3 Å². The number of nitrogens with zero attached hydrogens (tertiary/aromatic N) is 2. The lowest BCUT2D eigenvalue weighted by atomic mass is 9.94. The van der Waals surface area contributed by atoms with Crippen LogP contribution in [0.5, 0.6) is 11.5 Å². The van der Waals surface area contributed by atoms with Crippen LogP contribution in [-0.4, -0.2) is 10.1 Å². The van der Waals surface area contributed by atoms with Gasteiger partial charge in [-0.2, -0.15) is 0 Å². The fraction of sp³-hybridized carbons (Fsp3) is 0.277. The number of benzene rings is 4. The average molecular weight is 739 g/mol. The number of aliphatic imine (C=N–C) groups is 2. The van der Waals surface area contributed by atoms with Crippen LogP contribution in [-0.2, 0) is 6.42 Å². The number of rotatable bonds is 8. The maximum atomic E-state index is 6.21. The Morgan fingerprint density at radius 3 is 1.89 bits per heavy atom. The minimum absolute atomic E-state index is 0.832. The molecule has 2 heterocycles. The van der Waals surface area contributed by atoms with E-state index in [-0.39, 0.29) is 0 Å². The molecule has 0 aliphatic carbocycles. The van der Waals surface area contributed by atoms with Crippen LogP contribution in [0.1, 0.15) is 79.8 Å². The van der Waals surface area contributed by atoms with Gasteiger partial charge in [-0.15, -0.1) is 0 Å². The van der Waals surface area contributed by atoms with Crippen molar-refractivity contribution in [2.24, 2.45) is 9.98 Å². The third-order valence-electron chi connectivity index (χ3n) is 9.72. The second kappa shape index (κ2) is 17.5. The third-order valence-corrected chi connectivity index (χ3v) is 12.5. The molecule has 53 heavy (non-hydrogen) atoms. The van der Waals surface area contributed by atoms with Gasteiger partial charge in [0.15, 0.2) is 0 Å². The third kappa shape index (κ3) is 9.92. The molecule has 272 valence electrons. The summed E-state index contributed by atoms with van der Waals surface area (Å²) in [6, 6.07) is 29.0. The quantitative estimate of drug-likeness (QED) is 0.169. The predicted octanol–water partition coefficient (Wildman–Crippen LogP) is 14.1. The number of aryl methyl sites for hydroxylation is 4. The molecule has 4 aromatic rings. The molecule has 0 unspecified atom stereocenters. The van der Waals surface area contributed by atoms with Gasteiger partial charge < -0.3 is 9.47 Å². The van der Waals surface area contributed by atoms with Gasteiger partial charge in [0.2, 0.25) is 0 Å². The highest BCUT2D eigenvalue weighted by molar-refractivity contribution is 8.18. The van der Waals surface area contributed by atoms with E-state index in [1.54, 1.807) is 23.5 Å². The highest BCUT2D eigenvalue weighted by atomic mass is 32.2. The first kappa shape index (κ1) is 38.2. The van der Waals surface area contributed by atoms with Gasteiger partial charge in [-0.1, -0.05) is 88.8 Å². The Hall–Kier alpha value is -4.52. The van der Waals surface area contributed by atoms with E-state index in [0.29, 0.717) is 0 Å². The summed E-state index contributed by atoms with van der Waals surface area (Å²) in [6.45, 7) is 17.5. The summed E-state index contributed by atoms with van der Waals surface area (Å²) in [6.07, 6.45) is 8.38. The molecule has 0 aromatic heterocycles. The molecule has 6 heteroatoms. The SMILES string of the molecule is CC(C)=C1CC/C(=C\Oc2ccccc2)C(=Nc2ccc(C)c(C/C(C)=C3\CC/C(=C\Oc4cccc(C)c4)C(=Nc4ccc(C)cc4C)S3)c2C)S1. The van der Waals surface area contributed by atoms with Crippen molar-refractivity contribution < 1.29 is 9.47 Å². The molecule has 0 amide bonds. The van der Waals surface area contributed by atoms with Crippen LogP contribution in [0, 0.1) is 34.6 Å². The van der Waals surface area contributed by atoms with Gasteiger partial charge in [-0.05, 0) is 162 Å². The van der Waals surface area contributed by atoms with Crippen LogP contribution < -0.4 is 9.47 Å². The van der Waals surface area contributed by atoms with Crippen LogP contribution in [0.15, 0.2) is 140 Å². The maximum Gasteiger partial charge on any atom is 0.126 e. The molecule has 0 atom stereocenters. The molecule has 2 aliphatic heterocycles. The number of hydrogen-bond donors (Lipinski definition) is 0. The molecular formula is C47H50N2O2S2. The minimum atomic E-state index is 0.832. The van der Waals surface area contributed by atoms with Crippen LogP contribution in [0.4, 0.5) is 11.4 Å². The standard InChI is InChI=1S/C47H50N2O2S2/c1-30(2)44-23-19-37(28-50-39-14-10-9-11-15-39)47(52-44)49-43-22-18-33(5)41(36(43)8)27-35(7)45-24-20-38(29-51-40-16-12-13-31(3)26-40)46(53-45)48-42-21-17-32(4)25-34(42)6/h9-18,21-22,25-26,28-29H,19-20,23-24,27H2,1-8H3/b37-28+,38-29+,45-35+,48-46?,49-47?. The second-order valence-corrected chi connectivity index (χ2v) is 16.5. The monoisotopic (exact) mass is 738 g/mol. The molecular weight excluding hydrogens is 689 g/mol. The predicted molar refractivity (Wildman–Crippen MR) is 229 cm³/mol. The normalized spacial score (nSPS) is 18.9. The molecule has 0 radical (unpaired) electrons. The molecule has 2 aliphatic rings. The lowest BCUT2D eigenvalue weighted by molar-refractivity contribution is 0.475. The summed E-state index contributed by atoms with van der Waals surface area (Å²) < 4.78 is 12.3. The summed E-state index contributed by atoms with van der Waals surface area (Å²) in [5.74, 6) is 1.68. The Balaban J connectivity index is 1.30. The summed E-state index contributed by atoms with van der Waals surface area (Å²) in [5.41, 5.74) is 14.4. The Kier molecular flexibility index (Phi) is 12.6. The summed E-state index contributed by atoms with van der Waals surface area (Å²) >= 11 is 3.57. The lowest BCUT2D eigenvalue weighted by Crippen LogP contribution is -2.09. The Bertz CT molecular complexity index is 2180. The van der Waals surface area contributed by atoms with Crippen LogP contribution in [0.25, 0.3) is 0 Å². The highest BCUT2D eigenvalue weighted by Crippen LogP contribution is 2.42. The number of ether oxygens (including phenoxy) is 2. The molecule has 6 rings (SSSR count). The topological polar surface area (TPSA) is 43.2 Å². The molecule has 0 N–H and O–H groups in total. The smallest absolute Gasteiger partial charge is 0.126 e.